The highest BCUT2D eigenvalue weighted by molar-refractivity contribution is 5.91. The summed E-state index contributed by atoms with van der Waals surface area (Å²) >= 11 is 0. The summed E-state index contributed by atoms with van der Waals surface area (Å²) in [5.41, 5.74) is 4.15. The SMILES string of the molecule is Cc1cccc(CC(=O)Nc2ccc(-c3ccnc(N4CCC(CO)CC4)c3)cn2)c1. The van der Waals surface area contributed by atoms with Crippen molar-refractivity contribution in [3.8, 4) is 11.1 Å². The molecule has 0 atom stereocenters. The third kappa shape index (κ3) is 5.47. The van der Waals surface area contributed by atoms with Gasteiger partial charge in [0.25, 0.3) is 0 Å². The molecule has 1 aliphatic heterocycles. The fraction of sp³-hybridized carbons (Fsp3) is 0.320. The van der Waals surface area contributed by atoms with Crippen LogP contribution in [0.3, 0.4) is 0 Å². The Morgan fingerprint density at radius 3 is 2.65 bits per heavy atom. The lowest BCUT2D eigenvalue weighted by atomic mass is 9.98. The zero-order chi connectivity index (χ0) is 21.6. The van der Waals surface area contributed by atoms with Gasteiger partial charge >= 0.3 is 0 Å². The lowest BCUT2D eigenvalue weighted by molar-refractivity contribution is -0.115. The molecule has 0 radical (unpaired) electrons. The molecule has 0 aliphatic carbocycles. The molecule has 0 unspecified atom stereocenters. The first kappa shape index (κ1) is 21.0. The number of nitrogens with zero attached hydrogens (tertiary/aromatic N) is 3. The first-order chi connectivity index (χ1) is 15.1. The van der Waals surface area contributed by atoms with E-state index in [1.165, 1.54) is 0 Å². The monoisotopic (exact) mass is 416 g/mol. The second-order valence-corrected chi connectivity index (χ2v) is 8.16. The Bertz CT molecular complexity index is 1030. The van der Waals surface area contributed by atoms with Crippen LogP contribution in [0.5, 0.6) is 0 Å². The highest BCUT2D eigenvalue weighted by atomic mass is 16.3. The first-order valence-electron chi connectivity index (χ1n) is 10.7. The minimum Gasteiger partial charge on any atom is -0.396 e. The molecule has 1 fully saturated rings. The topological polar surface area (TPSA) is 78.4 Å². The van der Waals surface area contributed by atoms with E-state index in [4.69, 9.17) is 0 Å². The largest absolute Gasteiger partial charge is 0.396 e. The van der Waals surface area contributed by atoms with Gasteiger partial charge in [-0.05, 0) is 61.1 Å². The molecule has 4 rings (SSSR count). The lowest BCUT2D eigenvalue weighted by Gasteiger charge is -2.32. The van der Waals surface area contributed by atoms with Crippen molar-refractivity contribution in [3.05, 3.63) is 72.1 Å². The smallest absolute Gasteiger partial charge is 0.229 e. The number of amides is 1. The normalized spacial score (nSPS) is 14.5. The van der Waals surface area contributed by atoms with Crippen molar-refractivity contribution in [3.63, 3.8) is 0 Å². The van der Waals surface area contributed by atoms with Crippen LogP contribution in [-0.4, -0.2) is 40.7 Å². The number of carbonyl (C=O) groups excluding carboxylic acids is 1. The highest BCUT2D eigenvalue weighted by Gasteiger charge is 2.19. The van der Waals surface area contributed by atoms with Crippen molar-refractivity contribution in [2.75, 3.05) is 29.9 Å². The number of carbonyl (C=O) groups is 1. The van der Waals surface area contributed by atoms with Crippen LogP contribution in [0.1, 0.15) is 24.0 Å². The zero-order valence-corrected chi connectivity index (χ0v) is 17.8. The molecule has 0 saturated carbocycles. The third-order valence-electron chi connectivity index (χ3n) is 5.75. The third-order valence-corrected chi connectivity index (χ3v) is 5.75. The molecule has 3 aromatic rings. The van der Waals surface area contributed by atoms with E-state index in [1.807, 2.05) is 55.6 Å². The average molecular weight is 417 g/mol. The summed E-state index contributed by atoms with van der Waals surface area (Å²) in [5.74, 6) is 1.81. The van der Waals surface area contributed by atoms with Crippen LogP contribution in [0.4, 0.5) is 11.6 Å². The molecule has 0 spiro atoms. The van der Waals surface area contributed by atoms with Gasteiger partial charge in [-0.3, -0.25) is 4.79 Å². The van der Waals surface area contributed by atoms with Gasteiger partial charge in [0.1, 0.15) is 11.6 Å². The van der Waals surface area contributed by atoms with Crippen LogP contribution in [0.2, 0.25) is 0 Å². The van der Waals surface area contributed by atoms with Crippen molar-refractivity contribution in [1.29, 1.82) is 0 Å². The Kier molecular flexibility index (Phi) is 6.57. The van der Waals surface area contributed by atoms with E-state index in [1.54, 1.807) is 6.20 Å². The molecule has 6 nitrogen and oxygen atoms in total. The quantitative estimate of drug-likeness (QED) is 0.638. The van der Waals surface area contributed by atoms with Crippen molar-refractivity contribution in [2.24, 2.45) is 5.92 Å². The molecule has 1 aromatic carbocycles. The molecule has 0 bridgehead atoms. The minimum atomic E-state index is -0.0803. The molecule has 6 heteroatoms. The van der Waals surface area contributed by atoms with Crippen molar-refractivity contribution in [2.45, 2.75) is 26.2 Å². The second-order valence-electron chi connectivity index (χ2n) is 8.16. The maximum absolute atomic E-state index is 12.3. The Balaban J connectivity index is 1.39. The van der Waals surface area contributed by atoms with Gasteiger partial charge in [0.15, 0.2) is 0 Å². The zero-order valence-electron chi connectivity index (χ0n) is 17.8. The Labute approximate surface area is 183 Å². The van der Waals surface area contributed by atoms with Crippen LogP contribution in [0.25, 0.3) is 11.1 Å². The maximum Gasteiger partial charge on any atom is 0.229 e. The molecule has 1 amide bonds. The summed E-state index contributed by atoms with van der Waals surface area (Å²) in [7, 11) is 0. The molecule has 2 N–H and O–H groups in total. The number of aryl methyl sites for hydroxylation is 1. The number of hydrogen-bond donors (Lipinski definition) is 2. The van der Waals surface area contributed by atoms with Crippen LogP contribution in [-0.2, 0) is 11.2 Å². The van der Waals surface area contributed by atoms with Crippen LogP contribution in [0.15, 0.2) is 60.9 Å². The number of rotatable bonds is 6. The van der Waals surface area contributed by atoms with E-state index in [0.717, 1.165) is 54.0 Å². The van der Waals surface area contributed by atoms with E-state index in [9.17, 15) is 9.90 Å². The number of aliphatic hydroxyl groups excluding tert-OH is 1. The van der Waals surface area contributed by atoms with Gasteiger partial charge < -0.3 is 15.3 Å². The van der Waals surface area contributed by atoms with Crippen molar-refractivity contribution < 1.29 is 9.90 Å². The van der Waals surface area contributed by atoms with Crippen LogP contribution < -0.4 is 10.2 Å². The number of pyridine rings is 2. The van der Waals surface area contributed by atoms with Gasteiger partial charge in [0.2, 0.25) is 5.91 Å². The van der Waals surface area contributed by atoms with Crippen molar-refractivity contribution in [1.82, 2.24) is 9.97 Å². The molecule has 31 heavy (non-hydrogen) atoms. The van der Waals surface area contributed by atoms with Gasteiger partial charge in [-0.2, -0.15) is 0 Å². The summed E-state index contributed by atoms with van der Waals surface area (Å²) in [5, 5.41) is 12.2. The summed E-state index contributed by atoms with van der Waals surface area (Å²) < 4.78 is 0. The number of anilines is 2. The van der Waals surface area contributed by atoms with E-state index in [2.05, 4.69) is 26.3 Å². The van der Waals surface area contributed by atoms with E-state index >= 15 is 0 Å². The molecule has 1 saturated heterocycles. The van der Waals surface area contributed by atoms with Crippen LogP contribution >= 0.6 is 0 Å². The maximum atomic E-state index is 12.3. The molecule has 2 aromatic heterocycles. The Morgan fingerprint density at radius 2 is 1.94 bits per heavy atom. The van der Waals surface area contributed by atoms with E-state index in [-0.39, 0.29) is 12.5 Å². The average Bonchev–Trinajstić information content (AvgIpc) is 2.80. The second kappa shape index (κ2) is 9.71. The first-order valence-corrected chi connectivity index (χ1v) is 10.7. The Morgan fingerprint density at radius 1 is 1.10 bits per heavy atom. The summed E-state index contributed by atoms with van der Waals surface area (Å²) in [6.45, 7) is 4.10. The van der Waals surface area contributed by atoms with E-state index < -0.39 is 0 Å². The van der Waals surface area contributed by atoms with Crippen LogP contribution in [0, 0.1) is 12.8 Å². The number of benzene rings is 1. The number of hydrogen-bond acceptors (Lipinski definition) is 5. The summed E-state index contributed by atoms with van der Waals surface area (Å²) in [6, 6.07) is 15.8. The van der Waals surface area contributed by atoms with Gasteiger partial charge in [0, 0.05) is 37.7 Å². The minimum absolute atomic E-state index is 0.0803. The molecular weight excluding hydrogens is 388 g/mol. The van der Waals surface area contributed by atoms with Gasteiger partial charge in [-0.15, -0.1) is 0 Å². The fourth-order valence-electron chi connectivity index (χ4n) is 3.95. The standard InChI is InChI=1S/C25H28N4O2/c1-18-3-2-4-20(13-18)14-25(31)28-23-6-5-22(16-27-23)21-7-10-26-24(15-21)29-11-8-19(17-30)9-12-29/h2-7,10,13,15-16,19,30H,8-9,11-12,14,17H2,1H3,(H,27,28,31). The molecule has 160 valence electrons. The van der Waals surface area contributed by atoms with E-state index in [0.29, 0.717) is 18.2 Å². The lowest BCUT2D eigenvalue weighted by Crippen LogP contribution is -2.35. The number of aliphatic hydroxyl groups is 1. The molecule has 1 aliphatic rings. The van der Waals surface area contributed by atoms with Gasteiger partial charge in [-0.25, -0.2) is 9.97 Å². The number of aromatic nitrogens is 2. The predicted octanol–water partition coefficient (Wildman–Crippen LogP) is 3.84. The number of nitrogens with one attached hydrogen (secondary N) is 1. The van der Waals surface area contributed by atoms with Gasteiger partial charge in [0.05, 0.1) is 6.42 Å². The fourth-order valence-corrected chi connectivity index (χ4v) is 3.95. The molecular formula is C25H28N4O2. The van der Waals surface area contributed by atoms with Crippen molar-refractivity contribution >= 4 is 17.5 Å². The highest BCUT2D eigenvalue weighted by Crippen LogP contribution is 2.26. The predicted molar refractivity (Wildman–Crippen MR) is 123 cm³/mol. The molecule has 3 heterocycles. The number of piperidine rings is 1. The van der Waals surface area contributed by atoms with Gasteiger partial charge in [-0.1, -0.05) is 29.8 Å². The summed E-state index contributed by atoms with van der Waals surface area (Å²) in [6.07, 6.45) is 5.90. The summed E-state index contributed by atoms with van der Waals surface area (Å²) in [4.78, 5) is 23.6. The Hall–Kier alpha value is -3.25.